The number of morpholine rings is 1. The van der Waals surface area contributed by atoms with Gasteiger partial charge in [-0.25, -0.2) is 0 Å². The number of rotatable bonds is 3. The van der Waals surface area contributed by atoms with Gasteiger partial charge in [0.15, 0.2) is 0 Å². The number of nitrogens with zero attached hydrogens (tertiary/aromatic N) is 1. The van der Waals surface area contributed by atoms with E-state index in [2.05, 4.69) is 33.2 Å². The Morgan fingerprint density at radius 1 is 1.50 bits per heavy atom. The second-order valence-corrected chi connectivity index (χ2v) is 13.0. The molecule has 0 bridgehead atoms. The Hall–Kier alpha value is 0.827. The molecule has 1 fully saturated rings. The summed E-state index contributed by atoms with van der Waals surface area (Å²) in [5.74, 6) is -1.42. The minimum absolute atomic E-state index is 0.880. The molecule has 0 aliphatic carbocycles. The van der Waals surface area contributed by atoms with Crippen molar-refractivity contribution >= 4 is 27.6 Å². The lowest BCUT2D eigenvalue weighted by molar-refractivity contribution is 0.0444. The quantitative estimate of drug-likeness (QED) is 0.441. The van der Waals surface area contributed by atoms with E-state index in [1.54, 1.807) is 0 Å². The molecule has 0 spiro atoms. The summed E-state index contributed by atoms with van der Waals surface area (Å²) in [6.45, 7) is 6.13. The molecule has 0 aromatic rings. The lowest BCUT2D eigenvalue weighted by atomic mass is 10.5. The summed E-state index contributed by atoms with van der Waals surface area (Å²) in [7, 11) is 1.82. The first kappa shape index (κ1) is 10.9. The number of hydrogen-bond donors (Lipinski definition) is 0. The summed E-state index contributed by atoms with van der Waals surface area (Å²) in [6, 6.07) is 0. The summed E-state index contributed by atoms with van der Waals surface area (Å²) in [6.07, 6.45) is 1.12. The van der Waals surface area contributed by atoms with Crippen LogP contribution in [0.1, 0.15) is 0 Å². The lowest BCUT2D eigenvalue weighted by Gasteiger charge is -2.31. The Morgan fingerprint density at radius 2 is 2.08 bits per heavy atom. The van der Waals surface area contributed by atoms with E-state index in [1.807, 2.05) is 7.11 Å². The summed E-state index contributed by atoms with van der Waals surface area (Å²) in [5.41, 5.74) is 0. The second-order valence-electron chi connectivity index (χ2n) is 3.19. The van der Waals surface area contributed by atoms with Crippen LogP contribution in [-0.2, 0) is 9.16 Å². The summed E-state index contributed by atoms with van der Waals surface area (Å²) in [5, 5.41) is 0. The van der Waals surface area contributed by atoms with Gasteiger partial charge < -0.3 is 9.16 Å². The third kappa shape index (κ3) is 3.69. The van der Waals surface area contributed by atoms with E-state index in [-0.39, 0.29) is 0 Å². The molecule has 1 heterocycles. The van der Waals surface area contributed by atoms with Crippen molar-refractivity contribution in [1.82, 2.24) is 4.90 Å². The number of halogens is 1. The highest BCUT2D eigenvalue weighted by Crippen LogP contribution is 2.15. The molecule has 0 radical (unpaired) electrons. The van der Waals surface area contributed by atoms with Crippen LogP contribution < -0.4 is 0 Å². The third-order valence-corrected chi connectivity index (χ3v) is 6.24. The highest BCUT2D eigenvalue weighted by molar-refractivity contribution is 14.1. The molecular formula is C7H16INO2Si. The van der Waals surface area contributed by atoms with Gasteiger partial charge in [-0.1, -0.05) is 21.8 Å². The van der Waals surface area contributed by atoms with E-state index in [9.17, 15) is 0 Å². The smallest absolute Gasteiger partial charge is 0.268 e. The molecule has 0 N–H and O–H groups in total. The van der Waals surface area contributed by atoms with Gasteiger partial charge in [-0.2, -0.15) is 0 Å². The zero-order valence-corrected chi connectivity index (χ0v) is 10.8. The van der Waals surface area contributed by atoms with Crippen molar-refractivity contribution in [1.29, 1.82) is 0 Å². The predicted octanol–water partition coefficient (Wildman–Crippen LogP) is 1.01. The number of ether oxygens (including phenoxy) is 1. The van der Waals surface area contributed by atoms with E-state index in [1.165, 1.54) is 0 Å². The molecule has 0 amide bonds. The number of hydrogen-bond acceptors (Lipinski definition) is 3. The van der Waals surface area contributed by atoms with Gasteiger partial charge in [0.1, 0.15) is 0 Å². The van der Waals surface area contributed by atoms with Gasteiger partial charge in [-0.3, -0.25) is 4.90 Å². The largest absolute Gasteiger partial charge is 0.410 e. The van der Waals surface area contributed by atoms with Crippen LogP contribution in [0.5, 0.6) is 0 Å². The molecule has 0 aromatic carbocycles. The average Bonchev–Trinajstić information content (AvgIpc) is 2.06. The van der Waals surface area contributed by atoms with Crippen molar-refractivity contribution in [2.75, 3.05) is 39.6 Å². The van der Waals surface area contributed by atoms with Crippen molar-refractivity contribution in [2.24, 2.45) is 0 Å². The van der Waals surface area contributed by atoms with Gasteiger partial charge in [0.05, 0.1) is 13.2 Å². The van der Waals surface area contributed by atoms with Crippen molar-refractivity contribution in [3.8, 4) is 0 Å². The summed E-state index contributed by atoms with van der Waals surface area (Å²) >= 11 is 2.48. The fourth-order valence-corrected chi connectivity index (χ4v) is 3.91. The lowest BCUT2D eigenvalue weighted by Crippen LogP contribution is -2.46. The maximum atomic E-state index is 5.48. The molecule has 0 aromatic heterocycles. The Balaban J connectivity index is 2.28. The molecule has 1 atom stereocenters. The van der Waals surface area contributed by atoms with Gasteiger partial charge in [-0.15, -0.1) is 0 Å². The van der Waals surface area contributed by atoms with E-state index in [4.69, 9.17) is 9.16 Å². The van der Waals surface area contributed by atoms with Crippen LogP contribution in [0, 0.1) is 0 Å². The van der Waals surface area contributed by atoms with Crippen molar-refractivity contribution in [3.63, 3.8) is 0 Å². The first-order chi connectivity index (χ1) is 5.64. The maximum Gasteiger partial charge on any atom is 0.268 e. The Morgan fingerprint density at radius 3 is 2.58 bits per heavy atom. The molecule has 1 rings (SSSR count). The molecule has 1 saturated heterocycles. The molecule has 0 saturated carbocycles. The first-order valence-electron chi connectivity index (χ1n) is 4.18. The van der Waals surface area contributed by atoms with Crippen LogP contribution >= 0.6 is 21.8 Å². The average molecular weight is 301 g/mol. The molecule has 12 heavy (non-hydrogen) atoms. The van der Waals surface area contributed by atoms with Crippen LogP contribution in [0.4, 0.5) is 0 Å². The van der Waals surface area contributed by atoms with Crippen molar-refractivity contribution in [2.45, 2.75) is 6.55 Å². The highest BCUT2D eigenvalue weighted by Gasteiger charge is 2.27. The van der Waals surface area contributed by atoms with Crippen LogP contribution in [0.25, 0.3) is 0 Å². The van der Waals surface area contributed by atoms with Gasteiger partial charge in [0.25, 0.3) is 5.81 Å². The Bertz CT molecular complexity index is 139. The zero-order valence-electron chi connectivity index (χ0n) is 7.68. The zero-order chi connectivity index (χ0) is 9.03. The van der Waals surface area contributed by atoms with E-state index >= 15 is 0 Å². The van der Waals surface area contributed by atoms with Crippen LogP contribution in [0.3, 0.4) is 0 Å². The van der Waals surface area contributed by atoms with E-state index in [0.717, 1.165) is 32.5 Å². The van der Waals surface area contributed by atoms with Gasteiger partial charge in [0.2, 0.25) is 0 Å². The Labute approximate surface area is 87.7 Å². The molecule has 1 aliphatic rings. The molecule has 72 valence electrons. The minimum atomic E-state index is -1.42. The minimum Gasteiger partial charge on any atom is -0.410 e. The highest BCUT2D eigenvalue weighted by atomic mass is 127. The second kappa shape index (κ2) is 4.90. The van der Waals surface area contributed by atoms with Crippen LogP contribution in [-0.4, -0.2) is 50.3 Å². The maximum absolute atomic E-state index is 5.48. The van der Waals surface area contributed by atoms with Crippen molar-refractivity contribution in [3.05, 3.63) is 0 Å². The van der Waals surface area contributed by atoms with Gasteiger partial charge in [-0.05, 0) is 6.55 Å². The van der Waals surface area contributed by atoms with Crippen LogP contribution in [0.15, 0.2) is 0 Å². The summed E-state index contributed by atoms with van der Waals surface area (Å²) in [4.78, 5) is 2.44. The molecular weight excluding hydrogens is 285 g/mol. The van der Waals surface area contributed by atoms with E-state index in [0.29, 0.717) is 0 Å². The predicted molar refractivity (Wildman–Crippen MR) is 59.9 cm³/mol. The van der Waals surface area contributed by atoms with E-state index < -0.39 is 5.81 Å². The summed E-state index contributed by atoms with van der Waals surface area (Å²) < 4.78 is 10.8. The monoisotopic (exact) mass is 301 g/mol. The normalized spacial score (nSPS) is 25.2. The molecule has 1 aliphatic heterocycles. The van der Waals surface area contributed by atoms with Crippen LogP contribution in [0.2, 0.25) is 6.55 Å². The fourth-order valence-electron chi connectivity index (χ4n) is 1.22. The fraction of sp³-hybridized carbons (Fsp3) is 1.00. The topological polar surface area (TPSA) is 21.7 Å². The van der Waals surface area contributed by atoms with Crippen molar-refractivity contribution < 1.29 is 9.16 Å². The standard InChI is InChI=1S/C7H16INO2Si/c1-10-12(2,8)7-9-3-5-11-6-4-9/h3-7H2,1-2H3. The first-order valence-corrected chi connectivity index (χ1v) is 9.91. The SMILES string of the molecule is CO[Si](C)(I)CN1CCOCC1. The third-order valence-electron chi connectivity index (χ3n) is 2.04. The molecule has 3 nitrogen and oxygen atoms in total. The van der Waals surface area contributed by atoms with Gasteiger partial charge >= 0.3 is 0 Å². The van der Waals surface area contributed by atoms with Gasteiger partial charge in [0, 0.05) is 26.4 Å². The Kier molecular flexibility index (Phi) is 4.45. The molecule has 5 heteroatoms. The molecule has 1 unspecified atom stereocenters.